The summed E-state index contributed by atoms with van der Waals surface area (Å²) in [6, 6.07) is 8.57. The van der Waals surface area contributed by atoms with Gasteiger partial charge in [-0.05, 0) is 18.1 Å². The van der Waals surface area contributed by atoms with Crippen LogP contribution in [0.3, 0.4) is 0 Å². The topological polar surface area (TPSA) is 3.24 Å². The highest BCUT2D eigenvalue weighted by atomic mass is 15.2. The number of fused-ring (bicyclic) bond motifs is 1. The quantitative estimate of drug-likeness (QED) is 0.664. The molecule has 68 valence electrons. The summed E-state index contributed by atoms with van der Waals surface area (Å²) >= 11 is 0. The molecular formula is C12H15N. The van der Waals surface area contributed by atoms with E-state index in [1.807, 2.05) is 0 Å². The largest absolute Gasteiger partial charge is 0.345 e. The molecule has 0 spiro atoms. The van der Waals surface area contributed by atoms with Gasteiger partial charge >= 0.3 is 0 Å². The van der Waals surface area contributed by atoms with Crippen LogP contribution in [0.1, 0.15) is 18.9 Å². The van der Waals surface area contributed by atoms with Crippen LogP contribution in [-0.2, 0) is 6.42 Å². The summed E-state index contributed by atoms with van der Waals surface area (Å²) in [5.41, 5.74) is 4.01. The number of para-hydroxylation sites is 1. The van der Waals surface area contributed by atoms with Crippen LogP contribution in [0, 0.1) is 0 Å². The predicted octanol–water partition coefficient (Wildman–Crippen LogP) is 2.97. The lowest BCUT2D eigenvalue weighted by Crippen LogP contribution is -2.18. The van der Waals surface area contributed by atoms with Crippen molar-refractivity contribution in [3.63, 3.8) is 0 Å². The molecule has 1 aliphatic heterocycles. The first-order valence-corrected chi connectivity index (χ1v) is 4.86. The van der Waals surface area contributed by atoms with Crippen molar-refractivity contribution in [2.24, 2.45) is 0 Å². The molecule has 13 heavy (non-hydrogen) atoms. The van der Waals surface area contributed by atoms with Gasteiger partial charge in [-0.2, -0.15) is 0 Å². The van der Waals surface area contributed by atoms with Gasteiger partial charge < -0.3 is 4.90 Å². The maximum atomic E-state index is 4.09. The summed E-state index contributed by atoms with van der Waals surface area (Å²) in [5, 5.41) is 0. The molecule has 1 heterocycles. The lowest BCUT2D eigenvalue weighted by Gasteiger charge is -2.19. The summed E-state index contributed by atoms with van der Waals surface area (Å²) in [6.07, 6.45) is 2.20. The first-order chi connectivity index (χ1) is 6.33. The first-order valence-electron chi connectivity index (χ1n) is 4.86. The minimum absolute atomic E-state index is 1.02. The maximum absolute atomic E-state index is 4.09. The molecule has 1 nitrogen and oxygen atoms in total. The molecule has 0 aromatic heterocycles. The molecule has 0 N–H and O–H groups in total. The zero-order valence-corrected chi connectivity index (χ0v) is 8.09. The van der Waals surface area contributed by atoms with Crippen LogP contribution in [0.2, 0.25) is 0 Å². The van der Waals surface area contributed by atoms with Gasteiger partial charge in [-0.1, -0.05) is 31.7 Å². The van der Waals surface area contributed by atoms with Gasteiger partial charge in [-0.3, -0.25) is 0 Å². The average molecular weight is 173 g/mol. The molecular weight excluding hydrogens is 158 g/mol. The van der Waals surface area contributed by atoms with Crippen molar-refractivity contribution in [3.05, 3.63) is 42.1 Å². The van der Waals surface area contributed by atoms with E-state index in [0.717, 1.165) is 13.0 Å². The van der Waals surface area contributed by atoms with Crippen LogP contribution in [-0.4, -0.2) is 6.54 Å². The van der Waals surface area contributed by atoms with Crippen molar-refractivity contribution in [2.75, 3.05) is 11.4 Å². The highest BCUT2D eigenvalue weighted by Crippen LogP contribution is 2.33. The third kappa shape index (κ3) is 1.35. The molecule has 0 aliphatic carbocycles. The summed E-state index contributed by atoms with van der Waals surface area (Å²) in [5.74, 6) is 0. The Labute approximate surface area is 79.7 Å². The summed E-state index contributed by atoms with van der Waals surface area (Å²) in [4.78, 5) is 2.33. The van der Waals surface area contributed by atoms with Crippen LogP contribution in [0.25, 0.3) is 0 Å². The Hall–Kier alpha value is -1.24. The second-order valence-electron chi connectivity index (χ2n) is 3.52. The Balaban J connectivity index is 2.35. The molecule has 0 unspecified atom stereocenters. The van der Waals surface area contributed by atoms with E-state index in [1.54, 1.807) is 0 Å². The van der Waals surface area contributed by atoms with Gasteiger partial charge in [-0.25, -0.2) is 0 Å². The normalized spacial score (nSPS) is 14.8. The zero-order valence-electron chi connectivity index (χ0n) is 8.09. The Morgan fingerprint density at radius 2 is 2.15 bits per heavy atom. The van der Waals surface area contributed by atoms with Crippen molar-refractivity contribution in [1.29, 1.82) is 0 Å². The molecule has 0 bridgehead atoms. The van der Waals surface area contributed by atoms with Gasteiger partial charge in [0.1, 0.15) is 0 Å². The molecule has 0 radical (unpaired) electrons. The van der Waals surface area contributed by atoms with E-state index in [0.29, 0.717) is 0 Å². The molecule has 1 aliphatic rings. The van der Waals surface area contributed by atoms with Gasteiger partial charge in [0.15, 0.2) is 0 Å². The SMILES string of the molecule is C=C1Cc2ccccc2N1CCC. The highest BCUT2D eigenvalue weighted by Gasteiger charge is 2.20. The molecule has 1 heteroatoms. The third-order valence-electron chi connectivity index (χ3n) is 2.51. The summed E-state index contributed by atoms with van der Waals surface area (Å²) in [7, 11) is 0. The first kappa shape index (κ1) is 8.36. The van der Waals surface area contributed by atoms with Crippen molar-refractivity contribution in [2.45, 2.75) is 19.8 Å². The van der Waals surface area contributed by atoms with Crippen molar-refractivity contribution < 1.29 is 0 Å². The van der Waals surface area contributed by atoms with E-state index in [9.17, 15) is 0 Å². The van der Waals surface area contributed by atoms with Crippen LogP contribution in [0.4, 0.5) is 5.69 Å². The fraction of sp³-hybridized carbons (Fsp3) is 0.333. The lowest BCUT2D eigenvalue weighted by molar-refractivity contribution is 0.859. The molecule has 0 atom stereocenters. The molecule has 1 aromatic carbocycles. The standard InChI is InChI=1S/C12H15N/c1-3-8-13-10(2)9-11-6-4-5-7-12(11)13/h4-7H,2-3,8-9H2,1H3. The van der Waals surface area contributed by atoms with Gasteiger partial charge in [0.05, 0.1) is 0 Å². The van der Waals surface area contributed by atoms with E-state index < -0.39 is 0 Å². The van der Waals surface area contributed by atoms with Crippen molar-refractivity contribution in [1.82, 2.24) is 0 Å². The molecule has 0 saturated carbocycles. The Kier molecular flexibility index (Phi) is 2.09. The number of anilines is 1. The fourth-order valence-corrected chi connectivity index (χ4v) is 1.91. The second-order valence-corrected chi connectivity index (χ2v) is 3.52. The minimum atomic E-state index is 1.02. The van der Waals surface area contributed by atoms with Crippen LogP contribution in [0.15, 0.2) is 36.5 Å². The zero-order chi connectivity index (χ0) is 9.26. The highest BCUT2D eigenvalue weighted by molar-refractivity contribution is 5.64. The molecule has 1 aromatic rings. The number of hydrogen-bond acceptors (Lipinski definition) is 1. The van der Waals surface area contributed by atoms with Gasteiger partial charge in [0.25, 0.3) is 0 Å². The summed E-state index contributed by atoms with van der Waals surface area (Å²) in [6.45, 7) is 7.39. The Morgan fingerprint density at radius 3 is 2.92 bits per heavy atom. The van der Waals surface area contributed by atoms with E-state index in [1.165, 1.54) is 23.4 Å². The number of rotatable bonds is 2. The van der Waals surface area contributed by atoms with E-state index in [4.69, 9.17) is 0 Å². The van der Waals surface area contributed by atoms with E-state index in [-0.39, 0.29) is 0 Å². The molecule has 2 rings (SSSR count). The summed E-state index contributed by atoms with van der Waals surface area (Å²) < 4.78 is 0. The fourth-order valence-electron chi connectivity index (χ4n) is 1.91. The van der Waals surface area contributed by atoms with Crippen LogP contribution >= 0.6 is 0 Å². The van der Waals surface area contributed by atoms with Crippen LogP contribution < -0.4 is 4.90 Å². The van der Waals surface area contributed by atoms with Crippen LogP contribution in [0.5, 0.6) is 0 Å². The number of allylic oxidation sites excluding steroid dienone is 1. The van der Waals surface area contributed by atoms with E-state index in [2.05, 4.69) is 42.7 Å². The van der Waals surface area contributed by atoms with Crippen molar-refractivity contribution >= 4 is 5.69 Å². The Bertz CT molecular complexity index is 328. The smallest absolute Gasteiger partial charge is 0.0444 e. The average Bonchev–Trinajstić information content (AvgIpc) is 2.44. The van der Waals surface area contributed by atoms with Gasteiger partial charge in [0.2, 0.25) is 0 Å². The monoisotopic (exact) mass is 173 g/mol. The maximum Gasteiger partial charge on any atom is 0.0444 e. The molecule has 0 amide bonds. The minimum Gasteiger partial charge on any atom is -0.345 e. The van der Waals surface area contributed by atoms with Gasteiger partial charge in [0, 0.05) is 24.4 Å². The van der Waals surface area contributed by atoms with Gasteiger partial charge in [-0.15, -0.1) is 0 Å². The molecule has 0 saturated heterocycles. The molecule has 0 fully saturated rings. The van der Waals surface area contributed by atoms with E-state index >= 15 is 0 Å². The predicted molar refractivity (Wildman–Crippen MR) is 56.9 cm³/mol. The third-order valence-corrected chi connectivity index (χ3v) is 2.51. The lowest BCUT2D eigenvalue weighted by atomic mass is 10.1. The van der Waals surface area contributed by atoms with Crippen molar-refractivity contribution in [3.8, 4) is 0 Å². The number of benzene rings is 1. The number of nitrogens with zero attached hydrogens (tertiary/aromatic N) is 1. The number of hydrogen-bond donors (Lipinski definition) is 0. The Morgan fingerprint density at radius 1 is 1.38 bits per heavy atom. The second kappa shape index (κ2) is 3.25.